The van der Waals surface area contributed by atoms with Gasteiger partial charge < -0.3 is 9.47 Å². The predicted octanol–water partition coefficient (Wildman–Crippen LogP) is 3.42. The highest BCUT2D eigenvalue weighted by molar-refractivity contribution is 5.16. The molecule has 1 aromatic heterocycles. The molecular formula is C21H25FN2O2. The standard InChI is InChI=1S/C21H25FN2O2/c22-19-6-3-16(4-7-19)13-24-10-11-26-21-18(5-8-20(21)24)15-25-14-17-2-1-9-23-12-17/h1-4,6-7,9,12,18,20-21H,5,8,10-11,13-15H2/t18-,20+,21+/m0/s1. The minimum absolute atomic E-state index is 0.180. The van der Waals surface area contributed by atoms with Crippen LogP contribution in [0.3, 0.4) is 0 Å². The summed E-state index contributed by atoms with van der Waals surface area (Å²) in [5, 5.41) is 0. The normalized spacial score (nSPS) is 26.0. The third-order valence-electron chi connectivity index (χ3n) is 5.46. The number of halogens is 1. The van der Waals surface area contributed by atoms with Crippen molar-refractivity contribution in [3.8, 4) is 0 Å². The number of nitrogens with zero attached hydrogens (tertiary/aromatic N) is 2. The van der Waals surface area contributed by atoms with E-state index in [1.165, 1.54) is 12.1 Å². The minimum Gasteiger partial charge on any atom is -0.376 e. The average Bonchev–Trinajstić information content (AvgIpc) is 3.09. The molecular weight excluding hydrogens is 331 g/mol. The molecule has 2 heterocycles. The first-order valence-electron chi connectivity index (χ1n) is 9.36. The smallest absolute Gasteiger partial charge is 0.123 e. The number of ether oxygens (including phenoxy) is 2. The molecule has 0 bridgehead atoms. The fourth-order valence-corrected chi connectivity index (χ4v) is 4.15. The predicted molar refractivity (Wildman–Crippen MR) is 97.0 cm³/mol. The van der Waals surface area contributed by atoms with Gasteiger partial charge in [0.15, 0.2) is 0 Å². The molecule has 1 aliphatic carbocycles. The molecule has 2 aromatic rings. The van der Waals surface area contributed by atoms with Gasteiger partial charge in [0.05, 0.1) is 25.9 Å². The number of benzene rings is 1. The third kappa shape index (κ3) is 4.11. The molecule has 1 saturated heterocycles. The van der Waals surface area contributed by atoms with Crippen molar-refractivity contribution in [3.63, 3.8) is 0 Å². The summed E-state index contributed by atoms with van der Waals surface area (Å²) in [6.45, 7) is 3.86. The summed E-state index contributed by atoms with van der Waals surface area (Å²) in [6, 6.07) is 11.2. The van der Waals surface area contributed by atoms with E-state index in [9.17, 15) is 4.39 Å². The fourth-order valence-electron chi connectivity index (χ4n) is 4.15. The van der Waals surface area contributed by atoms with Gasteiger partial charge in [-0.15, -0.1) is 0 Å². The lowest BCUT2D eigenvalue weighted by Gasteiger charge is -2.39. The van der Waals surface area contributed by atoms with Crippen molar-refractivity contribution in [2.24, 2.45) is 5.92 Å². The highest BCUT2D eigenvalue weighted by atomic mass is 19.1. The van der Waals surface area contributed by atoms with Crippen LogP contribution in [0.5, 0.6) is 0 Å². The topological polar surface area (TPSA) is 34.6 Å². The Morgan fingerprint density at radius 3 is 2.85 bits per heavy atom. The van der Waals surface area contributed by atoms with Crippen LogP contribution >= 0.6 is 0 Å². The summed E-state index contributed by atoms with van der Waals surface area (Å²) < 4.78 is 25.2. The lowest BCUT2D eigenvalue weighted by Crippen LogP contribution is -2.50. The zero-order valence-corrected chi connectivity index (χ0v) is 14.9. The largest absolute Gasteiger partial charge is 0.376 e. The van der Waals surface area contributed by atoms with E-state index < -0.39 is 0 Å². The molecule has 138 valence electrons. The Morgan fingerprint density at radius 2 is 2.04 bits per heavy atom. The first kappa shape index (κ1) is 17.6. The van der Waals surface area contributed by atoms with Gasteiger partial charge in [0.2, 0.25) is 0 Å². The summed E-state index contributed by atoms with van der Waals surface area (Å²) in [6.07, 6.45) is 6.11. The summed E-state index contributed by atoms with van der Waals surface area (Å²) in [5.41, 5.74) is 2.26. The molecule has 1 aromatic carbocycles. The number of fused-ring (bicyclic) bond motifs is 1. The van der Waals surface area contributed by atoms with Gasteiger partial charge in [-0.1, -0.05) is 18.2 Å². The molecule has 4 nitrogen and oxygen atoms in total. The van der Waals surface area contributed by atoms with Gasteiger partial charge >= 0.3 is 0 Å². The van der Waals surface area contributed by atoms with E-state index in [0.717, 1.165) is 50.3 Å². The Balaban J connectivity index is 1.31. The lowest BCUT2D eigenvalue weighted by molar-refractivity contribution is -0.0891. The van der Waals surface area contributed by atoms with Crippen molar-refractivity contribution in [2.75, 3.05) is 19.8 Å². The maximum atomic E-state index is 13.1. The molecule has 2 fully saturated rings. The van der Waals surface area contributed by atoms with E-state index in [4.69, 9.17) is 9.47 Å². The van der Waals surface area contributed by atoms with Gasteiger partial charge in [-0.3, -0.25) is 9.88 Å². The molecule has 2 aliphatic rings. The molecule has 26 heavy (non-hydrogen) atoms. The number of morpholine rings is 1. The molecule has 0 N–H and O–H groups in total. The molecule has 1 saturated carbocycles. The van der Waals surface area contributed by atoms with E-state index in [2.05, 4.69) is 9.88 Å². The maximum Gasteiger partial charge on any atom is 0.123 e. The van der Waals surface area contributed by atoms with E-state index in [1.807, 2.05) is 30.5 Å². The molecule has 4 rings (SSSR count). The van der Waals surface area contributed by atoms with Crippen molar-refractivity contribution in [3.05, 3.63) is 65.7 Å². The van der Waals surface area contributed by atoms with Crippen molar-refractivity contribution < 1.29 is 13.9 Å². The van der Waals surface area contributed by atoms with Crippen LogP contribution in [0.1, 0.15) is 24.0 Å². The van der Waals surface area contributed by atoms with Gasteiger partial charge in [-0.25, -0.2) is 4.39 Å². The second-order valence-electron chi connectivity index (χ2n) is 7.21. The summed E-state index contributed by atoms with van der Waals surface area (Å²) in [4.78, 5) is 6.61. The summed E-state index contributed by atoms with van der Waals surface area (Å²) >= 11 is 0. The van der Waals surface area contributed by atoms with Gasteiger partial charge in [-0.05, 0) is 42.2 Å². The zero-order valence-electron chi connectivity index (χ0n) is 14.9. The minimum atomic E-state index is -0.180. The van der Waals surface area contributed by atoms with E-state index >= 15 is 0 Å². The lowest BCUT2D eigenvalue weighted by atomic mass is 10.0. The Morgan fingerprint density at radius 1 is 1.15 bits per heavy atom. The first-order chi connectivity index (χ1) is 12.8. The molecule has 0 radical (unpaired) electrons. The Bertz CT molecular complexity index is 695. The Labute approximate surface area is 153 Å². The number of pyridine rings is 1. The highest BCUT2D eigenvalue weighted by Crippen LogP contribution is 2.35. The Hall–Kier alpha value is -1.82. The number of rotatable bonds is 6. The number of aromatic nitrogens is 1. The molecule has 5 heteroatoms. The van der Waals surface area contributed by atoms with Crippen LogP contribution < -0.4 is 0 Å². The van der Waals surface area contributed by atoms with Crippen LogP contribution in [0.2, 0.25) is 0 Å². The van der Waals surface area contributed by atoms with Crippen molar-refractivity contribution in [1.29, 1.82) is 0 Å². The first-order valence-corrected chi connectivity index (χ1v) is 9.36. The quantitative estimate of drug-likeness (QED) is 0.794. The maximum absolute atomic E-state index is 13.1. The van der Waals surface area contributed by atoms with Crippen LogP contribution in [0.4, 0.5) is 4.39 Å². The van der Waals surface area contributed by atoms with Gasteiger partial charge in [0.25, 0.3) is 0 Å². The molecule has 0 spiro atoms. The van der Waals surface area contributed by atoms with E-state index in [0.29, 0.717) is 18.6 Å². The molecule has 0 amide bonds. The van der Waals surface area contributed by atoms with Gasteiger partial charge in [0, 0.05) is 37.4 Å². The molecule has 0 unspecified atom stereocenters. The number of hydrogen-bond acceptors (Lipinski definition) is 4. The summed E-state index contributed by atoms with van der Waals surface area (Å²) in [7, 11) is 0. The van der Waals surface area contributed by atoms with E-state index in [1.54, 1.807) is 6.20 Å². The molecule has 1 aliphatic heterocycles. The van der Waals surface area contributed by atoms with Crippen LogP contribution in [-0.2, 0) is 22.6 Å². The van der Waals surface area contributed by atoms with Gasteiger partial charge in [0.1, 0.15) is 5.82 Å². The molecule has 3 atom stereocenters. The van der Waals surface area contributed by atoms with Crippen LogP contribution in [0.25, 0.3) is 0 Å². The second-order valence-corrected chi connectivity index (χ2v) is 7.21. The third-order valence-corrected chi connectivity index (χ3v) is 5.46. The summed E-state index contributed by atoms with van der Waals surface area (Å²) in [5.74, 6) is 0.257. The van der Waals surface area contributed by atoms with Crippen LogP contribution in [0.15, 0.2) is 48.8 Å². The van der Waals surface area contributed by atoms with Crippen LogP contribution in [0, 0.1) is 11.7 Å². The average molecular weight is 356 g/mol. The van der Waals surface area contributed by atoms with Crippen LogP contribution in [-0.4, -0.2) is 41.8 Å². The van der Waals surface area contributed by atoms with Crippen molar-refractivity contribution in [1.82, 2.24) is 9.88 Å². The SMILES string of the molecule is Fc1ccc(CN2CCO[C@@H]3[C@H](COCc4cccnc4)CC[C@H]32)cc1. The van der Waals surface area contributed by atoms with Crippen molar-refractivity contribution >= 4 is 0 Å². The van der Waals surface area contributed by atoms with Gasteiger partial charge in [-0.2, -0.15) is 0 Å². The highest BCUT2D eigenvalue weighted by Gasteiger charge is 2.42. The number of hydrogen-bond donors (Lipinski definition) is 0. The zero-order chi connectivity index (χ0) is 17.8. The second kappa shape index (κ2) is 8.25. The fraction of sp³-hybridized carbons (Fsp3) is 0.476. The van der Waals surface area contributed by atoms with E-state index in [-0.39, 0.29) is 11.9 Å². The Kier molecular flexibility index (Phi) is 5.58. The van der Waals surface area contributed by atoms with Crippen molar-refractivity contribution in [2.45, 2.75) is 38.1 Å². The monoisotopic (exact) mass is 356 g/mol.